The molecule has 0 unspecified atom stereocenters. The summed E-state index contributed by atoms with van der Waals surface area (Å²) in [6.07, 6.45) is 1.24. The van der Waals surface area contributed by atoms with Gasteiger partial charge in [-0.25, -0.2) is 8.42 Å². The van der Waals surface area contributed by atoms with Crippen molar-refractivity contribution in [2.45, 2.75) is 17.7 Å². The first-order chi connectivity index (χ1) is 12.9. The van der Waals surface area contributed by atoms with Crippen LogP contribution in [0.15, 0.2) is 71.6 Å². The summed E-state index contributed by atoms with van der Waals surface area (Å²) in [4.78, 5) is 2.06. The molecule has 0 fully saturated rings. The van der Waals surface area contributed by atoms with Gasteiger partial charge in [-0.05, 0) is 30.5 Å². The van der Waals surface area contributed by atoms with Crippen LogP contribution in [0.1, 0.15) is 12.0 Å². The van der Waals surface area contributed by atoms with Gasteiger partial charge in [0.1, 0.15) is 0 Å². The van der Waals surface area contributed by atoms with Crippen molar-refractivity contribution in [3.63, 3.8) is 0 Å². The molecular formula is C21H24N2O3S. The Morgan fingerprint density at radius 2 is 1.52 bits per heavy atom. The number of nitrogens with zero attached hydrogens (tertiary/aromatic N) is 2. The Bertz CT molecular complexity index is 1020. The first-order valence-corrected chi connectivity index (χ1v) is 10.3. The SMILES string of the molecule is CN(C)c1cccc2c(S(=O)(=O)N(O)CCCc3ccccc3)cccc12. The first-order valence-electron chi connectivity index (χ1n) is 8.86. The maximum absolute atomic E-state index is 12.9. The maximum atomic E-state index is 12.9. The molecule has 0 radical (unpaired) electrons. The van der Waals surface area contributed by atoms with Crippen molar-refractivity contribution in [2.24, 2.45) is 0 Å². The molecule has 0 spiro atoms. The van der Waals surface area contributed by atoms with Crippen molar-refractivity contribution in [1.82, 2.24) is 4.47 Å². The highest BCUT2D eigenvalue weighted by Gasteiger charge is 2.25. The van der Waals surface area contributed by atoms with Gasteiger partial charge in [0.2, 0.25) is 0 Å². The second-order valence-electron chi connectivity index (χ2n) is 6.66. The molecule has 3 rings (SSSR count). The van der Waals surface area contributed by atoms with Crippen LogP contribution >= 0.6 is 0 Å². The van der Waals surface area contributed by atoms with Gasteiger partial charge in [-0.1, -0.05) is 59.1 Å². The van der Waals surface area contributed by atoms with E-state index >= 15 is 0 Å². The summed E-state index contributed by atoms with van der Waals surface area (Å²) in [5.74, 6) is 0. The second kappa shape index (κ2) is 8.08. The molecule has 0 atom stereocenters. The van der Waals surface area contributed by atoms with Gasteiger partial charge in [-0.15, -0.1) is 0 Å². The van der Waals surface area contributed by atoms with Crippen molar-refractivity contribution in [3.05, 3.63) is 72.3 Å². The molecule has 27 heavy (non-hydrogen) atoms. The zero-order valence-corrected chi connectivity index (χ0v) is 16.4. The van der Waals surface area contributed by atoms with Gasteiger partial charge in [0.15, 0.2) is 0 Å². The van der Waals surface area contributed by atoms with E-state index in [1.807, 2.05) is 67.5 Å². The number of sulfonamides is 1. The summed E-state index contributed by atoms with van der Waals surface area (Å²) >= 11 is 0. The Morgan fingerprint density at radius 3 is 2.22 bits per heavy atom. The third kappa shape index (κ3) is 4.13. The van der Waals surface area contributed by atoms with Crippen molar-refractivity contribution in [2.75, 3.05) is 25.5 Å². The zero-order valence-electron chi connectivity index (χ0n) is 15.5. The number of hydrogen-bond acceptors (Lipinski definition) is 4. The van der Waals surface area contributed by atoms with Gasteiger partial charge in [0, 0.05) is 37.1 Å². The van der Waals surface area contributed by atoms with E-state index in [2.05, 4.69) is 0 Å². The highest BCUT2D eigenvalue weighted by Crippen LogP contribution is 2.31. The van der Waals surface area contributed by atoms with Crippen molar-refractivity contribution in [3.8, 4) is 0 Å². The lowest BCUT2D eigenvalue weighted by atomic mass is 10.1. The molecule has 0 heterocycles. The number of benzene rings is 3. The van der Waals surface area contributed by atoms with E-state index in [0.29, 0.717) is 22.7 Å². The molecule has 0 saturated heterocycles. The lowest BCUT2D eigenvalue weighted by Gasteiger charge is -2.19. The first kappa shape index (κ1) is 19.4. The van der Waals surface area contributed by atoms with Crippen LogP contribution in [-0.4, -0.2) is 38.7 Å². The lowest BCUT2D eigenvalue weighted by Crippen LogP contribution is -2.29. The van der Waals surface area contributed by atoms with Gasteiger partial charge in [-0.2, -0.15) is 0 Å². The highest BCUT2D eigenvalue weighted by atomic mass is 32.2. The largest absolute Gasteiger partial charge is 0.377 e. The topological polar surface area (TPSA) is 60.9 Å². The van der Waals surface area contributed by atoms with Crippen LogP contribution in [0.2, 0.25) is 0 Å². The van der Waals surface area contributed by atoms with E-state index in [9.17, 15) is 13.6 Å². The van der Waals surface area contributed by atoms with E-state index < -0.39 is 10.0 Å². The highest BCUT2D eigenvalue weighted by molar-refractivity contribution is 7.89. The normalized spacial score (nSPS) is 11.9. The predicted octanol–water partition coefficient (Wildman–Crippen LogP) is 3.92. The fourth-order valence-corrected chi connectivity index (χ4v) is 4.48. The molecule has 5 nitrogen and oxygen atoms in total. The van der Waals surface area contributed by atoms with E-state index in [1.165, 1.54) is 6.07 Å². The summed E-state index contributed by atoms with van der Waals surface area (Å²) in [6, 6.07) is 20.5. The molecule has 3 aromatic carbocycles. The molecule has 1 N–H and O–H groups in total. The smallest absolute Gasteiger partial charge is 0.265 e. The number of hydroxylamine groups is 1. The van der Waals surface area contributed by atoms with Gasteiger partial charge in [0.25, 0.3) is 10.0 Å². The second-order valence-corrected chi connectivity index (χ2v) is 8.47. The Balaban J connectivity index is 1.85. The zero-order chi connectivity index (χ0) is 19.4. The number of fused-ring (bicyclic) bond motifs is 1. The monoisotopic (exact) mass is 384 g/mol. The summed E-state index contributed by atoms with van der Waals surface area (Å²) in [6.45, 7) is 0.0426. The van der Waals surface area contributed by atoms with E-state index in [1.54, 1.807) is 12.1 Å². The van der Waals surface area contributed by atoms with E-state index in [0.717, 1.165) is 16.6 Å². The minimum atomic E-state index is -3.99. The minimum Gasteiger partial charge on any atom is -0.377 e. The molecule has 3 aromatic rings. The minimum absolute atomic E-state index is 0.0426. The molecule has 0 saturated carbocycles. The van der Waals surface area contributed by atoms with Crippen LogP contribution < -0.4 is 4.90 Å². The number of hydrogen-bond donors (Lipinski definition) is 1. The molecule has 0 bridgehead atoms. The summed E-state index contributed by atoms with van der Waals surface area (Å²) < 4.78 is 26.3. The van der Waals surface area contributed by atoms with Crippen molar-refractivity contribution < 1.29 is 13.6 Å². The summed E-state index contributed by atoms with van der Waals surface area (Å²) in [5.41, 5.74) is 2.04. The average Bonchev–Trinajstić information content (AvgIpc) is 2.67. The Kier molecular flexibility index (Phi) is 5.79. The third-order valence-corrected chi connectivity index (χ3v) is 6.20. The summed E-state index contributed by atoms with van der Waals surface area (Å²) in [5, 5.41) is 11.7. The maximum Gasteiger partial charge on any atom is 0.265 e. The van der Waals surface area contributed by atoms with Gasteiger partial charge < -0.3 is 4.90 Å². The summed E-state index contributed by atoms with van der Waals surface area (Å²) in [7, 11) is -0.163. The number of rotatable bonds is 7. The van der Waals surface area contributed by atoms with Crippen molar-refractivity contribution >= 4 is 26.5 Å². The quantitative estimate of drug-likeness (QED) is 0.627. The number of anilines is 1. The van der Waals surface area contributed by atoms with Crippen LogP contribution in [0, 0.1) is 0 Å². The van der Waals surface area contributed by atoms with Crippen LogP contribution in [0.5, 0.6) is 0 Å². The standard InChI is InChI=1S/C21H24N2O3S/c1-22(2)20-14-6-13-19-18(20)12-7-15-21(19)27(25,26)23(24)16-8-11-17-9-4-3-5-10-17/h3-7,9-10,12-15,24H,8,11,16H2,1-2H3. The molecule has 0 aliphatic heterocycles. The molecule has 0 aliphatic rings. The van der Waals surface area contributed by atoms with E-state index in [4.69, 9.17) is 0 Å². The van der Waals surface area contributed by atoms with Gasteiger partial charge >= 0.3 is 0 Å². The predicted molar refractivity (Wildman–Crippen MR) is 109 cm³/mol. The van der Waals surface area contributed by atoms with Crippen LogP contribution in [0.25, 0.3) is 10.8 Å². The lowest BCUT2D eigenvalue weighted by molar-refractivity contribution is 0.00260. The van der Waals surface area contributed by atoms with Crippen LogP contribution in [0.4, 0.5) is 5.69 Å². The third-order valence-electron chi connectivity index (χ3n) is 4.55. The molecular weight excluding hydrogens is 360 g/mol. The fourth-order valence-electron chi connectivity index (χ4n) is 3.18. The molecule has 0 amide bonds. The fraction of sp³-hybridized carbons (Fsp3) is 0.238. The average molecular weight is 385 g/mol. The van der Waals surface area contributed by atoms with Crippen LogP contribution in [0.3, 0.4) is 0 Å². The number of aryl methyl sites for hydroxylation is 1. The Hall–Kier alpha value is -2.41. The molecule has 0 aliphatic carbocycles. The molecule has 6 heteroatoms. The van der Waals surface area contributed by atoms with Crippen molar-refractivity contribution in [1.29, 1.82) is 0 Å². The van der Waals surface area contributed by atoms with Crippen LogP contribution in [-0.2, 0) is 16.4 Å². The Morgan fingerprint density at radius 1 is 0.852 bits per heavy atom. The molecule has 142 valence electrons. The van der Waals surface area contributed by atoms with Gasteiger partial charge in [0.05, 0.1) is 4.90 Å². The van der Waals surface area contributed by atoms with E-state index in [-0.39, 0.29) is 11.4 Å². The molecule has 0 aromatic heterocycles. The van der Waals surface area contributed by atoms with Gasteiger partial charge in [-0.3, -0.25) is 5.21 Å². The Labute approximate surface area is 160 Å².